The van der Waals surface area contributed by atoms with Crippen LogP contribution >= 0.6 is 0 Å². The molecule has 96 valence electrons. The molecular formula is C14H15F3Si. The van der Waals surface area contributed by atoms with Gasteiger partial charge in [-0.15, -0.1) is 0 Å². The maximum atomic E-state index is 13.1. The van der Waals surface area contributed by atoms with Crippen LogP contribution < -0.4 is 5.19 Å². The van der Waals surface area contributed by atoms with E-state index in [1.54, 1.807) is 18.2 Å². The van der Waals surface area contributed by atoms with Crippen LogP contribution in [0.3, 0.4) is 0 Å². The highest BCUT2D eigenvalue weighted by Gasteiger charge is 2.34. The van der Waals surface area contributed by atoms with Gasteiger partial charge in [-0.1, -0.05) is 61.2 Å². The summed E-state index contributed by atoms with van der Waals surface area (Å²) in [4.78, 5) is 0. The highest BCUT2D eigenvalue weighted by molar-refractivity contribution is 6.88. The first-order valence-corrected chi connectivity index (χ1v) is 9.30. The molecule has 2 aromatic carbocycles. The van der Waals surface area contributed by atoms with Crippen LogP contribution in [0.25, 0.3) is 10.8 Å². The third-order valence-electron chi connectivity index (χ3n) is 3.03. The van der Waals surface area contributed by atoms with Gasteiger partial charge >= 0.3 is 6.18 Å². The van der Waals surface area contributed by atoms with Crippen LogP contribution in [-0.4, -0.2) is 8.07 Å². The number of rotatable bonds is 1. The van der Waals surface area contributed by atoms with Crippen molar-refractivity contribution in [2.75, 3.05) is 0 Å². The lowest BCUT2D eigenvalue weighted by atomic mass is 10.0. The Kier molecular flexibility index (Phi) is 3.01. The van der Waals surface area contributed by atoms with Gasteiger partial charge in [-0.25, -0.2) is 0 Å². The predicted octanol–water partition coefficient (Wildman–Crippen LogP) is 4.40. The van der Waals surface area contributed by atoms with Crippen molar-refractivity contribution < 1.29 is 13.2 Å². The molecule has 0 N–H and O–H groups in total. The van der Waals surface area contributed by atoms with Gasteiger partial charge in [0, 0.05) is 0 Å². The molecule has 0 spiro atoms. The van der Waals surface area contributed by atoms with E-state index in [-0.39, 0.29) is 5.39 Å². The van der Waals surface area contributed by atoms with Gasteiger partial charge in [0.25, 0.3) is 0 Å². The zero-order valence-corrected chi connectivity index (χ0v) is 11.6. The molecule has 0 fully saturated rings. The van der Waals surface area contributed by atoms with Crippen LogP contribution in [0.5, 0.6) is 0 Å². The summed E-state index contributed by atoms with van der Waals surface area (Å²) in [6.45, 7) is 6.16. The van der Waals surface area contributed by atoms with Crippen LogP contribution in [0.4, 0.5) is 13.2 Å². The minimum absolute atomic E-state index is 0.284. The summed E-state index contributed by atoms with van der Waals surface area (Å²) in [5.41, 5.74) is -0.516. The quantitative estimate of drug-likeness (QED) is 0.672. The molecule has 18 heavy (non-hydrogen) atoms. The fourth-order valence-electron chi connectivity index (χ4n) is 1.98. The number of hydrogen-bond acceptors (Lipinski definition) is 0. The van der Waals surface area contributed by atoms with Crippen molar-refractivity contribution in [1.82, 2.24) is 0 Å². The highest BCUT2D eigenvalue weighted by atomic mass is 28.3. The van der Waals surface area contributed by atoms with E-state index in [9.17, 15) is 13.2 Å². The summed E-state index contributed by atoms with van der Waals surface area (Å²) < 4.78 is 39.3. The second kappa shape index (κ2) is 4.12. The van der Waals surface area contributed by atoms with Crippen molar-refractivity contribution in [1.29, 1.82) is 0 Å². The Balaban J connectivity index is 2.81. The molecule has 0 heterocycles. The third kappa shape index (κ3) is 2.43. The lowest BCUT2D eigenvalue weighted by molar-refractivity contribution is -0.136. The Morgan fingerprint density at radius 3 is 2.11 bits per heavy atom. The average Bonchev–Trinajstić information content (AvgIpc) is 2.25. The number of alkyl halides is 3. The fourth-order valence-corrected chi connectivity index (χ4v) is 3.14. The zero-order valence-electron chi connectivity index (χ0n) is 10.6. The van der Waals surface area contributed by atoms with Crippen LogP contribution in [0.1, 0.15) is 5.56 Å². The second-order valence-electron chi connectivity index (χ2n) is 5.49. The first-order chi connectivity index (χ1) is 8.19. The molecule has 2 aromatic rings. The van der Waals surface area contributed by atoms with E-state index in [0.717, 1.165) is 5.19 Å². The molecule has 0 nitrogen and oxygen atoms in total. The zero-order chi connectivity index (χ0) is 13.6. The van der Waals surface area contributed by atoms with E-state index in [0.29, 0.717) is 5.39 Å². The molecule has 0 saturated carbocycles. The van der Waals surface area contributed by atoms with Crippen LogP contribution in [0.15, 0.2) is 36.4 Å². The number of hydrogen-bond donors (Lipinski definition) is 0. The van der Waals surface area contributed by atoms with E-state index in [2.05, 4.69) is 19.6 Å². The second-order valence-corrected chi connectivity index (χ2v) is 10.6. The summed E-state index contributed by atoms with van der Waals surface area (Å²) in [6, 6.07) is 9.92. The van der Waals surface area contributed by atoms with E-state index < -0.39 is 19.8 Å². The third-order valence-corrected chi connectivity index (χ3v) is 5.05. The molecule has 0 amide bonds. The lowest BCUT2D eigenvalue weighted by Crippen LogP contribution is -2.38. The molecular weight excluding hydrogens is 253 g/mol. The highest BCUT2D eigenvalue weighted by Crippen LogP contribution is 2.34. The van der Waals surface area contributed by atoms with Gasteiger partial charge in [0.1, 0.15) is 0 Å². The smallest absolute Gasteiger partial charge is 0.166 e. The first kappa shape index (κ1) is 13.1. The van der Waals surface area contributed by atoms with E-state index in [1.807, 2.05) is 6.07 Å². The molecule has 0 aliphatic carbocycles. The van der Waals surface area contributed by atoms with Gasteiger partial charge < -0.3 is 0 Å². The Bertz CT molecular complexity index is 580. The molecule has 4 heteroatoms. The van der Waals surface area contributed by atoms with E-state index in [4.69, 9.17) is 0 Å². The van der Waals surface area contributed by atoms with Crippen molar-refractivity contribution in [3.8, 4) is 0 Å². The van der Waals surface area contributed by atoms with Gasteiger partial charge in [0.2, 0.25) is 0 Å². The van der Waals surface area contributed by atoms with Crippen molar-refractivity contribution in [2.24, 2.45) is 0 Å². The maximum Gasteiger partial charge on any atom is 0.417 e. The molecule has 0 bridgehead atoms. The van der Waals surface area contributed by atoms with Crippen LogP contribution in [0, 0.1) is 0 Å². The summed E-state index contributed by atoms with van der Waals surface area (Å²) in [6.07, 6.45) is -4.30. The Morgan fingerprint density at radius 1 is 0.944 bits per heavy atom. The summed E-state index contributed by atoms with van der Waals surface area (Å²) in [5, 5.41) is 1.80. The molecule has 0 radical (unpaired) electrons. The first-order valence-electron chi connectivity index (χ1n) is 5.80. The molecule has 0 aliphatic heterocycles. The number of halogens is 3. The minimum atomic E-state index is -4.30. The average molecular weight is 268 g/mol. The molecule has 0 saturated heterocycles. The van der Waals surface area contributed by atoms with Gasteiger partial charge in [-0.3, -0.25) is 0 Å². The molecule has 2 rings (SSSR count). The largest absolute Gasteiger partial charge is 0.417 e. The summed E-state index contributed by atoms with van der Waals surface area (Å²) in [5.74, 6) is 0. The van der Waals surface area contributed by atoms with Crippen LogP contribution in [0.2, 0.25) is 19.6 Å². The number of benzene rings is 2. The summed E-state index contributed by atoms with van der Waals surface area (Å²) in [7, 11) is -1.76. The SMILES string of the molecule is C[Si](C)(C)c1cc(C(F)(F)F)c2ccccc2c1. The molecule has 0 unspecified atom stereocenters. The summed E-state index contributed by atoms with van der Waals surface area (Å²) >= 11 is 0. The molecule has 0 aromatic heterocycles. The normalized spacial score (nSPS) is 13.0. The Hall–Kier alpha value is -1.29. The monoisotopic (exact) mass is 268 g/mol. The fraction of sp³-hybridized carbons (Fsp3) is 0.286. The van der Waals surface area contributed by atoms with Gasteiger partial charge in [-0.2, -0.15) is 13.2 Å². The topological polar surface area (TPSA) is 0 Å². The lowest BCUT2D eigenvalue weighted by Gasteiger charge is -2.20. The molecule has 0 atom stereocenters. The number of fused-ring (bicyclic) bond motifs is 1. The van der Waals surface area contributed by atoms with E-state index >= 15 is 0 Å². The molecule has 0 aliphatic rings. The van der Waals surface area contributed by atoms with E-state index in [1.165, 1.54) is 12.1 Å². The van der Waals surface area contributed by atoms with Crippen molar-refractivity contribution in [3.05, 3.63) is 42.0 Å². The van der Waals surface area contributed by atoms with Gasteiger partial charge in [0.15, 0.2) is 0 Å². The van der Waals surface area contributed by atoms with Gasteiger partial charge in [0.05, 0.1) is 13.6 Å². The predicted molar refractivity (Wildman–Crippen MR) is 71.9 cm³/mol. The van der Waals surface area contributed by atoms with Gasteiger partial charge in [-0.05, 0) is 10.8 Å². The minimum Gasteiger partial charge on any atom is -0.166 e. The van der Waals surface area contributed by atoms with Crippen molar-refractivity contribution in [2.45, 2.75) is 25.8 Å². The maximum absolute atomic E-state index is 13.1. The Labute approximate surface area is 105 Å². The van der Waals surface area contributed by atoms with Crippen LogP contribution in [-0.2, 0) is 6.18 Å². The van der Waals surface area contributed by atoms with Crippen molar-refractivity contribution >= 4 is 24.0 Å². The Morgan fingerprint density at radius 2 is 1.56 bits per heavy atom. The standard InChI is InChI=1S/C14H15F3Si/c1-18(2,3)11-8-10-6-4-5-7-12(10)13(9-11)14(15,16)17/h4-9H,1-3H3. The van der Waals surface area contributed by atoms with Crippen molar-refractivity contribution in [3.63, 3.8) is 0 Å².